The number of nitrogens with one attached hydrogen (secondary N) is 1. The van der Waals surface area contributed by atoms with E-state index in [0.29, 0.717) is 12.0 Å². The van der Waals surface area contributed by atoms with Crippen LogP contribution in [0.1, 0.15) is 44.0 Å². The quantitative estimate of drug-likeness (QED) is 0.898. The molecule has 20 heavy (non-hydrogen) atoms. The highest BCUT2D eigenvalue weighted by Crippen LogP contribution is 2.26. The SMILES string of the molecule is CC(NC(c1ccc(Cl)cc1)C(C)C)c1cnn(C)c1. The monoisotopic (exact) mass is 291 g/mol. The van der Waals surface area contributed by atoms with Crippen molar-refractivity contribution in [1.29, 1.82) is 0 Å². The molecule has 4 heteroatoms. The second-order valence-corrected chi connectivity index (χ2v) is 6.05. The first-order chi connectivity index (χ1) is 9.47. The lowest BCUT2D eigenvalue weighted by Crippen LogP contribution is -2.28. The molecule has 0 aliphatic carbocycles. The van der Waals surface area contributed by atoms with Crippen molar-refractivity contribution >= 4 is 11.6 Å². The van der Waals surface area contributed by atoms with E-state index >= 15 is 0 Å². The number of hydrogen-bond donors (Lipinski definition) is 1. The van der Waals surface area contributed by atoms with Crippen LogP contribution in [-0.4, -0.2) is 9.78 Å². The van der Waals surface area contributed by atoms with Gasteiger partial charge in [0.25, 0.3) is 0 Å². The molecule has 108 valence electrons. The second-order valence-electron chi connectivity index (χ2n) is 5.61. The van der Waals surface area contributed by atoms with Gasteiger partial charge in [-0.2, -0.15) is 5.10 Å². The van der Waals surface area contributed by atoms with Crippen molar-refractivity contribution in [1.82, 2.24) is 15.1 Å². The smallest absolute Gasteiger partial charge is 0.0537 e. The van der Waals surface area contributed by atoms with Gasteiger partial charge in [0.15, 0.2) is 0 Å². The summed E-state index contributed by atoms with van der Waals surface area (Å²) in [6.07, 6.45) is 3.97. The molecule has 0 bridgehead atoms. The van der Waals surface area contributed by atoms with Crippen molar-refractivity contribution in [3.63, 3.8) is 0 Å². The lowest BCUT2D eigenvalue weighted by Gasteiger charge is -2.26. The highest BCUT2D eigenvalue weighted by atomic mass is 35.5. The molecule has 0 fully saturated rings. The molecule has 2 atom stereocenters. The maximum Gasteiger partial charge on any atom is 0.0537 e. The van der Waals surface area contributed by atoms with Crippen molar-refractivity contribution in [3.05, 3.63) is 52.8 Å². The Morgan fingerprint density at radius 2 is 1.75 bits per heavy atom. The van der Waals surface area contributed by atoms with Gasteiger partial charge in [0.1, 0.15) is 0 Å². The third-order valence-electron chi connectivity index (χ3n) is 3.55. The fourth-order valence-corrected chi connectivity index (χ4v) is 2.50. The first-order valence-electron chi connectivity index (χ1n) is 6.97. The van der Waals surface area contributed by atoms with Gasteiger partial charge in [-0.25, -0.2) is 0 Å². The third-order valence-corrected chi connectivity index (χ3v) is 3.80. The number of aryl methyl sites for hydroxylation is 1. The molecular formula is C16H22ClN3. The second kappa shape index (κ2) is 6.42. The van der Waals surface area contributed by atoms with E-state index in [1.54, 1.807) is 0 Å². The lowest BCUT2D eigenvalue weighted by molar-refractivity contribution is 0.374. The van der Waals surface area contributed by atoms with Crippen molar-refractivity contribution in [2.24, 2.45) is 13.0 Å². The molecule has 0 amide bonds. The number of rotatable bonds is 5. The average Bonchev–Trinajstić information content (AvgIpc) is 2.83. The zero-order valence-corrected chi connectivity index (χ0v) is 13.2. The lowest BCUT2D eigenvalue weighted by atomic mass is 9.95. The fraction of sp³-hybridized carbons (Fsp3) is 0.438. The van der Waals surface area contributed by atoms with Crippen LogP contribution in [-0.2, 0) is 7.05 Å². The summed E-state index contributed by atoms with van der Waals surface area (Å²) in [5.74, 6) is 0.496. The summed E-state index contributed by atoms with van der Waals surface area (Å²) in [6, 6.07) is 8.63. The van der Waals surface area contributed by atoms with Crippen LogP contribution in [0.5, 0.6) is 0 Å². The predicted molar refractivity (Wildman–Crippen MR) is 83.8 cm³/mol. The minimum atomic E-state index is 0.256. The number of hydrogen-bond acceptors (Lipinski definition) is 2. The molecule has 0 radical (unpaired) electrons. The van der Waals surface area contributed by atoms with Gasteiger partial charge in [-0.15, -0.1) is 0 Å². The van der Waals surface area contributed by atoms with E-state index in [-0.39, 0.29) is 6.04 Å². The predicted octanol–water partition coefficient (Wildman–Crippen LogP) is 4.12. The van der Waals surface area contributed by atoms with Gasteiger partial charge < -0.3 is 5.32 Å². The van der Waals surface area contributed by atoms with Gasteiger partial charge in [0.05, 0.1) is 6.20 Å². The summed E-state index contributed by atoms with van der Waals surface area (Å²) >= 11 is 5.97. The van der Waals surface area contributed by atoms with Gasteiger partial charge in [-0.3, -0.25) is 4.68 Å². The summed E-state index contributed by atoms with van der Waals surface area (Å²) in [5, 5.41) is 8.69. The Morgan fingerprint density at radius 3 is 2.25 bits per heavy atom. The molecule has 2 aromatic rings. The van der Waals surface area contributed by atoms with Crippen LogP contribution in [0.2, 0.25) is 5.02 Å². The maximum absolute atomic E-state index is 5.97. The van der Waals surface area contributed by atoms with E-state index < -0.39 is 0 Å². The fourth-order valence-electron chi connectivity index (χ4n) is 2.37. The van der Waals surface area contributed by atoms with Crippen LogP contribution < -0.4 is 5.32 Å². The minimum Gasteiger partial charge on any atom is -0.303 e. The Labute approximate surface area is 126 Å². The molecule has 1 N–H and O–H groups in total. The zero-order chi connectivity index (χ0) is 14.7. The van der Waals surface area contributed by atoms with E-state index in [9.17, 15) is 0 Å². The molecular weight excluding hydrogens is 270 g/mol. The Hall–Kier alpha value is -1.32. The summed E-state index contributed by atoms with van der Waals surface area (Å²) in [7, 11) is 1.94. The van der Waals surface area contributed by atoms with Crippen LogP contribution >= 0.6 is 11.6 Å². The Balaban J connectivity index is 2.15. The summed E-state index contributed by atoms with van der Waals surface area (Å²) in [6.45, 7) is 6.62. The van der Waals surface area contributed by atoms with E-state index in [1.807, 2.05) is 30.1 Å². The van der Waals surface area contributed by atoms with Crippen LogP contribution in [0.4, 0.5) is 0 Å². The van der Waals surface area contributed by atoms with Crippen molar-refractivity contribution in [2.45, 2.75) is 32.9 Å². The van der Waals surface area contributed by atoms with Gasteiger partial charge in [0, 0.05) is 35.9 Å². The molecule has 0 aliphatic heterocycles. The Morgan fingerprint density at radius 1 is 1.10 bits per heavy atom. The van der Waals surface area contributed by atoms with Crippen LogP contribution in [0.25, 0.3) is 0 Å². The highest BCUT2D eigenvalue weighted by molar-refractivity contribution is 6.30. The molecule has 2 rings (SSSR count). The molecule has 1 aromatic carbocycles. The van der Waals surface area contributed by atoms with E-state index in [2.05, 4.69) is 49.5 Å². The normalized spacial score (nSPS) is 14.5. The van der Waals surface area contributed by atoms with Crippen molar-refractivity contribution < 1.29 is 0 Å². The average molecular weight is 292 g/mol. The van der Waals surface area contributed by atoms with E-state index in [1.165, 1.54) is 11.1 Å². The Kier molecular flexibility index (Phi) is 4.84. The molecule has 1 aromatic heterocycles. The summed E-state index contributed by atoms with van der Waals surface area (Å²) in [5.41, 5.74) is 2.47. The first kappa shape index (κ1) is 15.1. The first-order valence-corrected chi connectivity index (χ1v) is 7.35. The molecule has 0 saturated carbocycles. The van der Waals surface area contributed by atoms with Gasteiger partial charge in [-0.1, -0.05) is 37.6 Å². The van der Waals surface area contributed by atoms with Gasteiger partial charge in [-0.05, 0) is 30.5 Å². The third kappa shape index (κ3) is 3.62. The Bertz CT molecular complexity index is 545. The van der Waals surface area contributed by atoms with Crippen LogP contribution in [0.15, 0.2) is 36.7 Å². The molecule has 2 unspecified atom stereocenters. The number of nitrogens with zero attached hydrogens (tertiary/aromatic N) is 2. The largest absolute Gasteiger partial charge is 0.303 e. The summed E-state index contributed by atoms with van der Waals surface area (Å²) in [4.78, 5) is 0. The highest BCUT2D eigenvalue weighted by Gasteiger charge is 2.19. The van der Waals surface area contributed by atoms with E-state index in [4.69, 9.17) is 11.6 Å². The van der Waals surface area contributed by atoms with Crippen LogP contribution in [0.3, 0.4) is 0 Å². The number of benzene rings is 1. The van der Waals surface area contributed by atoms with Gasteiger partial charge in [0.2, 0.25) is 0 Å². The summed E-state index contributed by atoms with van der Waals surface area (Å²) < 4.78 is 1.83. The molecule has 0 spiro atoms. The van der Waals surface area contributed by atoms with Crippen molar-refractivity contribution in [2.75, 3.05) is 0 Å². The standard InChI is InChI=1S/C16H22ClN3/c1-11(2)16(13-5-7-15(17)8-6-13)19-12(3)14-9-18-20(4)10-14/h5-12,16,19H,1-4H3. The topological polar surface area (TPSA) is 29.9 Å². The van der Waals surface area contributed by atoms with Crippen LogP contribution in [0, 0.1) is 5.92 Å². The van der Waals surface area contributed by atoms with E-state index in [0.717, 1.165) is 5.02 Å². The van der Waals surface area contributed by atoms with Crippen molar-refractivity contribution in [3.8, 4) is 0 Å². The maximum atomic E-state index is 5.97. The number of halogens is 1. The molecule has 3 nitrogen and oxygen atoms in total. The molecule has 1 heterocycles. The minimum absolute atomic E-state index is 0.256. The number of aromatic nitrogens is 2. The zero-order valence-electron chi connectivity index (χ0n) is 12.5. The molecule has 0 saturated heterocycles. The molecule has 0 aliphatic rings. The van der Waals surface area contributed by atoms with Gasteiger partial charge >= 0.3 is 0 Å².